The van der Waals surface area contributed by atoms with Gasteiger partial charge in [0.05, 0.1) is 18.3 Å². The van der Waals surface area contributed by atoms with E-state index in [1.807, 2.05) is 0 Å². The molecule has 2 aliphatic rings. The molecule has 20 heavy (non-hydrogen) atoms. The minimum atomic E-state index is -0.597. The van der Waals surface area contributed by atoms with Crippen LogP contribution in [0.15, 0.2) is 24.3 Å². The fourth-order valence-corrected chi connectivity index (χ4v) is 3.89. The van der Waals surface area contributed by atoms with Crippen LogP contribution >= 0.6 is 0 Å². The predicted octanol–water partition coefficient (Wildman–Crippen LogP) is 4.02. The fraction of sp³-hybridized carbons (Fsp3) is 0.667. The van der Waals surface area contributed by atoms with E-state index in [-0.39, 0.29) is 11.5 Å². The quantitative estimate of drug-likeness (QED) is 0.882. The predicted molar refractivity (Wildman–Crippen MR) is 80.7 cm³/mol. The van der Waals surface area contributed by atoms with Crippen molar-refractivity contribution in [1.29, 1.82) is 0 Å². The van der Waals surface area contributed by atoms with E-state index in [1.54, 1.807) is 0 Å². The fourth-order valence-electron chi connectivity index (χ4n) is 3.89. The summed E-state index contributed by atoms with van der Waals surface area (Å²) in [6.45, 7) is 5.19. The van der Waals surface area contributed by atoms with Gasteiger partial charge in [-0.1, -0.05) is 51.0 Å². The van der Waals surface area contributed by atoms with Gasteiger partial charge in [-0.3, -0.25) is 0 Å². The van der Waals surface area contributed by atoms with E-state index in [0.29, 0.717) is 0 Å². The molecule has 1 heterocycles. The highest BCUT2D eigenvalue weighted by Gasteiger charge is 2.47. The summed E-state index contributed by atoms with van der Waals surface area (Å²) in [4.78, 5) is 0. The molecule has 1 aromatic rings. The third kappa shape index (κ3) is 2.40. The van der Waals surface area contributed by atoms with E-state index in [9.17, 15) is 5.11 Å². The lowest BCUT2D eigenvalue weighted by Crippen LogP contribution is -2.48. The lowest BCUT2D eigenvalue weighted by molar-refractivity contribution is -0.132. The monoisotopic (exact) mass is 274 g/mol. The molecule has 2 heteroatoms. The highest BCUT2D eigenvalue weighted by Crippen LogP contribution is 2.49. The summed E-state index contributed by atoms with van der Waals surface area (Å²) in [7, 11) is 0. The highest BCUT2D eigenvalue weighted by atomic mass is 16.5. The minimum absolute atomic E-state index is 0.0129. The van der Waals surface area contributed by atoms with Crippen LogP contribution in [0.5, 0.6) is 0 Å². The second-order valence-electron chi connectivity index (χ2n) is 7.13. The maximum atomic E-state index is 11.2. The molecule has 2 nitrogen and oxygen atoms in total. The Morgan fingerprint density at radius 1 is 1.20 bits per heavy atom. The lowest BCUT2D eigenvalue weighted by Gasteiger charge is -2.48. The van der Waals surface area contributed by atoms with Gasteiger partial charge in [0.1, 0.15) is 0 Å². The highest BCUT2D eigenvalue weighted by molar-refractivity contribution is 5.31. The molecule has 0 aromatic heterocycles. The molecule has 1 aromatic carbocycles. The lowest BCUT2D eigenvalue weighted by atomic mass is 9.63. The first kappa shape index (κ1) is 14.1. The average molecular weight is 274 g/mol. The van der Waals surface area contributed by atoms with Crippen molar-refractivity contribution in [2.24, 2.45) is 5.41 Å². The number of aliphatic hydroxyl groups is 1. The first-order valence-corrected chi connectivity index (χ1v) is 7.94. The van der Waals surface area contributed by atoms with Crippen molar-refractivity contribution >= 4 is 0 Å². The van der Waals surface area contributed by atoms with E-state index in [1.165, 1.54) is 17.5 Å². The van der Waals surface area contributed by atoms with Crippen molar-refractivity contribution in [2.75, 3.05) is 6.61 Å². The number of hydrogen-bond donors (Lipinski definition) is 1. The molecule has 110 valence electrons. The summed E-state index contributed by atoms with van der Waals surface area (Å²) in [6, 6.07) is 8.54. The van der Waals surface area contributed by atoms with Crippen LogP contribution in [-0.2, 0) is 11.2 Å². The van der Waals surface area contributed by atoms with E-state index in [2.05, 4.69) is 38.1 Å². The SMILES string of the molecule is CC1(C)CCCCC1(O)CC1OCCc2ccccc21. The number of rotatable bonds is 2. The summed E-state index contributed by atoms with van der Waals surface area (Å²) in [5, 5.41) is 11.2. The van der Waals surface area contributed by atoms with Gasteiger partial charge in [-0.25, -0.2) is 0 Å². The molecule has 2 unspecified atom stereocenters. The van der Waals surface area contributed by atoms with Crippen LogP contribution in [0, 0.1) is 5.41 Å². The molecule has 1 saturated carbocycles. The molecule has 3 rings (SSSR count). The van der Waals surface area contributed by atoms with Crippen molar-refractivity contribution in [3.63, 3.8) is 0 Å². The van der Waals surface area contributed by atoms with Crippen LogP contribution < -0.4 is 0 Å². The average Bonchev–Trinajstić information content (AvgIpc) is 2.43. The summed E-state index contributed by atoms with van der Waals surface area (Å²) in [5.41, 5.74) is 2.07. The Balaban J connectivity index is 1.85. The largest absolute Gasteiger partial charge is 0.389 e. The van der Waals surface area contributed by atoms with Crippen LogP contribution in [-0.4, -0.2) is 17.3 Å². The van der Waals surface area contributed by atoms with Crippen molar-refractivity contribution in [3.8, 4) is 0 Å². The Kier molecular flexibility index (Phi) is 3.64. The third-order valence-electron chi connectivity index (χ3n) is 5.52. The number of fused-ring (bicyclic) bond motifs is 1. The van der Waals surface area contributed by atoms with Gasteiger partial charge in [-0.05, 0) is 35.8 Å². The van der Waals surface area contributed by atoms with Gasteiger partial charge in [0.2, 0.25) is 0 Å². The molecular weight excluding hydrogens is 248 g/mol. The first-order chi connectivity index (χ1) is 9.52. The van der Waals surface area contributed by atoms with Crippen molar-refractivity contribution < 1.29 is 9.84 Å². The summed E-state index contributed by atoms with van der Waals surface area (Å²) >= 11 is 0. The van der Waals surface area contributed by atoms with Crippen LogP contribution in [0.25, 0.3) is 0 Å². The maximum absolute atomic E-state index is 11.2. The normalized spacial score (nSPS) is 32.6. The maximum Gasteiger partial charge on any atom is 0.0855 e. The summed E-state index contributed by atoms with van der Waals surface area (Å²) in [6.07, 6.45) is 6.17. The van der Waals surface area contributed by atoms with Crippen LogP contribution in [0.1, 0.15) is 63.2 Å². The van der Waals surface area contributed by atoms with Crippen molar-refractivity contribution in [3.05, 3.63) is 35.4 Å². The molecule has 1 aliphatic carbocycles. The first-order valence-electron chi connectivity index (χ1n) is 7.94. The Morgan fingerprint density at radius 3 is 2.75 bits per heavy atom. The number of hydrogen-bond acceptors (Lipinski definition) is 2. The van der Waals surface area contributed by atoms with E-state index < -0.39 is 5.60 Å². The van der Waals surface area contributed by atoms with Gasteiger partial charge in [0.15, 0.2) is 0 Å². The van der Waals surface area contributed by atoms with E-state index >= 15 is 0 Å². The molecule has 0 spiro atoms. The zero-order chi connectivity index (χ0) is 14.2. The van der Waals surface area contributed by atoms with Gasteiger partial charge in [0.25, 0.3) is 0 Å². The summed E-state index contributed by atoms with van der Waals surface area (Å²) < 4.78 is 6.01. The Hall–Kier alpha value is -0.860. The number of benzene rings is 1. The molecule has 1 aliphatic heterocycles. The third-order valence-corrected chi connectivity index (χ3v) is 5.52. The van der Waals surface area contributed by atoms with Gasteiger partial charge in [-0.2, -0.15) is 0 Å². The minimum Gasteiger partial charge on any atom is -0.389 e. The molecule has 1 fully saturated rings. The van der Waals surface area contributed by atoms with E-state index in [0.717, 1.165) is 38.7 Å². The van der Waals surface area contributed by atoms with Crippen LogP contribution in [0.4, 0.5) is 0 Å². The van der Waals surface area contributed by atoms with Crippen LogP contribution in [0.2, 0.25) is 0 Å². The Morgan fingerprint density at radius 2 is 1.95 bits per heavy atom. The van der Waals surface area contributed by atoms with E-state index in [4.69, 9.17) is 4.74 Å². The Bertz CT molecular complexity index is 480. The second kappa shape index (κ2) is 5.16. The molecule has 0 amide bonds. The van der Waals surface area contributed by atoms with Crippen molar-refractivity contribution in [1.82, 2.24) is 0 Å². The Labute approximate surface area is 122 Å². The molecule has 0 saturated heterocycles. The summed E-state index contributed by atoms with van der Waals surface area (Å²) in [5.74, 6) is 0. The molecule has 2 atom stereocenters. The van der Waals surface area contributed by atoms with Crippen LogP contribution in [0.3, 0.4) is 0 Å². The number of ether oxygens (including phenoxy) is 1. The molecule has 0 radical (unpaired) electrons. The van der Waals surface area contributed by atoms with Crippen molar-refractivity contribution in [2.45, 2.75) is 64.1 Å². The second-order valence-corrected chi connectivity index (χ2v) is 7.13. The smallest absolute Gasteiger partial charge is 0.0855 e. The van der Waals surface area contributed by atoms with Gasteiger partial charge in [0, 0.05) is 6.42 Å². The molecule has 0 bridgehead atoms. The zero-order valence-corrected chi connectivity index (χ0v) is 12.7. The molecular formula is C18H26O2. The van der Waals surface area contributed by atoms with Gasteiger partial charge >= 0.3 is 0 Å². The topological polar surface area (TPSA) is 29.5 Å². The zero-order valence-electron chi connectivity index (χ0n) is 12.7. The van der Waals surface area contributed by atoms with Gasteiger partial charge in [-0.15, -0.1) is 0 Å². The standard InChI is InChI=1S/C18H26O2/c1-17(2)10-5-6-11-18(17,19)13-16-15-8-4-3-7-14(15)9-12-20-16/h3-4,7-8,16,19H,5-6,9-13H2,1-2H3. The molecule has 1 N–H and O–H groups in total. The van der Waals surface area contributed by atoms with Gasteiger partial charge < -0.3 is 9.84 Å².